The molecule has 11 heteroatoms. The first-order valence-corrected chi connectivity index (χ1v) is 8.57. The van der Waals surface area contributed by atoms with E-state index in [-0.39, 0.29) is 18.3 Å². The van der Waals surface area contributed by atoms with E-state index in [0.717, 1.165) is 4.57 Å². The quantitative estimate of drug-likeness (QED) is 0.615. The molecule has 2 aliphatic heterocycles. The van der Waals surface area contributed by atoms with Crippen molar-refractivity contribution in [3.05, 3.63) is 22.2 Å². The molecule has 2 saturated heterocycles. The zero-order valence-electron chi connectivity index (χ0n) is 12.5. The Bertz CT molecular complexity index is 721. The first-order chi connectivity index (χ1) is 10.7. The van der Waals surface area contributed by atoms with Crippen molar-refractivity contribution in [3.8, 4) is 0 Å². The second-order valence-corrected chi connectivity index (χ2v) is 7.22. The van der Waals surface area contributed by atoms with Gasteiger partial charge in [0.05, 0.1) is 6.61 Å². The van der Waals surface area contributed by atoms with Gasteiger partial charge in [0.25, 0.3) is 0 Å². The van der Waals surface area contributed by atoms with Crippen LogP contribution < -0.4 is 11.4 Å². The number of hydrogen-bond acceptors (Lipinski definition) is 8. The second-order valence-electron chi connectivity index (χ2n) is 5.82. The third-order valence-corrected chi connectivity index (χ3v) is 4.86. The minimum Gasteiger partial charge on any atom is -0.386 e. The summed E-state index contributed by atoms with van der Waals surface area (Å²) in [6, 6.07) is 0. The zero-order chi connectivity index (χ0) is 16.9. The van der Waals surface area contributed by atoms with E-state index in [9.17, 15) is 19.4 Å². The van der Waals surface area contributed by atoms with Gasteiger partial charge in [0, 0.05) is 11.8 Å². The van der Waals surface area contributed by atoms with Crippen LogP contribution in [0.2, 0.25) is 0 Å². The van der Waals surface area contributed by atoms with E-state index in [4.69, 9.17) is 15.0 Å². The molecule has 0 radical (unpaired) electrons. The fourth-order valence-electron chi connectivity index (χ4n) is 2.69. The molecule has 1 aromatic rings. The number of aromatic nitrogens is 2. The lowest BCUT2D eigenvalue weighted by Gasteiger charge is -2.27. The number of fused-ring (bicyclic) bond motifs is 1. The number of phosphoric acid groups is 1. The molecule has 3 heterocycles. The van der Waals surface area contributed by atoms with Crippen molar-refractivity contribution in [2.45, 2.75) is 44.3 Å². The van der Waals surface area contributed by atoms with E-state index in [1.807, 2.05) is 13.8 Å². The third-order valence-electron chi connectivity index (χ3n) is 3.87. The topological polar surface area (TPSA) is 146 Å². The molecule has 3 rings (SSSR count). The Morgan fingerprint density at radius 1 is 1.52 bits per heavy atom. The average Bonchev–Trinajstić information content (AvgIpc) is 2.74. The van der Waals surface area contributed by atoms with Crippen LogP contribution in [0.25, 0.3) is 0 Å². The lowest BCUT2D eigenvalue weighted by atomic mass is 10.1. The van der Waals surface area contributed by atoms with Gasteiger partial charge < -0.3 is 20.5 Å². The van der Waals surface area contributed by atoms with E-state index in [1.54, 1.807) is 0 Å². The molecule has 23 heavy (non-hydrogen) atoms. The summed E-state index contributed by atoms with van der Waals surface area (Å²) in [6.45, 7) is 3.54. The number of aliphatic hydroxyl groups excluding tert-OH is 1. The number of anilines is 1. The maximum atomic E-state index is 12.1. The molecular weight excluding hydrogens is 329 g/mol. The number of aliphatic hydroxyl groups is 1. The molecule has 1 aromatic heterocycles. The predicted molar refractivity (Wildman–Crippen MR) is 77.6 cm³/mol. The van der Waals surface area contributed by atoms with Crippen LogP contribution in [0, 0.1) is 0 Å². The first-order valence-electron chi connectivity index (χ1n) is 7.07. The van der Waals surface area contributed by atoms with Crippen molar-refractivity contribution in [1.29, 1.82) is 0 Å². The molecule has 2 fully saturated rings. The van der Waals surface area contributed by atoms with Gasteiger partial charge in [-0.3, -0.25) is 13.6 Å². The van der Waals surface area contributed by atoms with Crippen molar-refractivity contribution < 1.29 is 28.3 Å². The van der Waals surface area contributed by atoms with Crippen LogP contribution in [-0.2, 0) is 18.3 Å². The number of phosphoric ester groups is 1. The van der Waals surface area contributed by atoms with Gasteiger partial charge in [0.15, 0.2) is 6.23 Å². The van der Waals surface area contributed by atoms with Crippen molar-refractivity contribution >= 4 is 13.6 Å². The lowest BCUT2D eigenvalue weighted by molar-refractivity contribution is -0.0685. The van der Waals surface area contributed by atoms with E-state index in [2.05, 4.69) is 9.51 Å². The molecule has 0 saturated carbocycles. The highest BCUT2D eigenvalue weighted by atomic mass is 31.2. The maximum Gasteiger partial charge on any atom is 0.472 e. The molecule has 0 amide bonds. The Morgan fingerprint density at radius 3 is 2.87 bits per heavy atom. The fourth-order valence-corrected chi connectivity index (χ4v) is 3.65. The van der Waals surface area contributed by atoms with Crippen LogP contribution >= 0.6 is 7.82 Å². The molecule has 2 aliphatic rings. The molecule has 10 nitrogen and oxygen atoms in total. The molecule has 0 aromatic carbocycles. The Morgan fingerprint density at radius 2 is 2.22 bits per heavy atom. The molecular formula is C12H18N3O7P. The molecule has 0 spiro atoms. The summed E-state index contributed by atoms with van der Waals surface area (Å²) in [5, 5.41) is 10.3. The Hall–Kier alpha value is -1.29. The number of ether oxygens (including phenoxy) is 1. The second kappa shape index (κ2) is 5.66. The number of rotatable bonds is 2. The standard InChI is InChI=1S/C12H18N3O7P/c1-5(2)6-3-15(12(17)14-10(6)13)11-8(16)9-7(21-11)4-20-23(18,19)22-9/h3,5,7-9,11,16H,4H2,1-2H3,(H,18,19)(H2,13,14,17)/t7?,8-,9?,11-/m1/s1. The maximum absolute atomic E-state index is 12.1. The van der Waals surface area contributed by atoms with Crippen molar-refractivity contribution in [2.75, 3.05) is 12.3 Å². The number of nitrogen functional groups attached to an aromatic ring is 1. The minimum absolute atomic E-state index is 0.00687. The van der Waals surface area contributed by atoms with E-state index >= 15 is 0 Å². The van der Waals surface area contributed by atoms with Crippen molar-refractivity contribution in [1.82, 2.24) is 9.55 Å². The first kappa shape index (κ1) is 16.6. The smallest absolute Gasteiger partial charge is 0.386 e. The highest BCUT2D eigenvalue weighted by molar-refractivity contribution is 7.47. The van der Waals surface area contributed by atoms with Crippen LogP contribution in [-0.4, -0.2) is 44.5 Å². The Kier molecular flexibility index (Phi) is 4.07. The number of nitrogens with two attached hydrogens (primary N) is 1. The van der Waals surface area contributed by atoms with Gasteiger partial charge in [-0.2, -0.15) is 4.98 Å². The van der Waals surface area contributed by atoms with Gasteiger partial charge >= 0.3 is 13.5 Å². The summed E-state index contributed by atoms with van der Waals surface area (Å²) in [7, 11) is -4.22. The summed E-state index contributed by atoms with van der Waals surface area (Å²) in [6.07, 6.45) is -2.80. The SMILES string of the molecule is CC(C)c1cn([C@@H]2OC3COP(=O)(O)OC3[C@H]2O)c(=O)nc1N. The van der Waals surface area contributed by atoms with Gasteiger partial charge in [0.1, 0.15) is 24.1 Å². The van der Waals surface area contributed by atoms with E-state index < -0.39 is 38.1 Å². The van der Waals surface area contributed by atoms with Crippen LogP contribution in [0.5, 0.6) is 0 Å². The van der Waals surface area contributed by atoms with Crippen LogP contribution in [0.15, 0.2) is 11.0 Å². The largest absolute Gasteiger partial charge is 0.472 e. The van der Waals surface area contributed by atoms with Crippen molar-refractivity contribution in [3.63, 3.8) is 0 Å². The molecule has 4 N–H and O–H groups in total. The fraction of sp³-hybridized carbons (Fsp3) is 0.667. The highest BCUT2D eigenvalue weighted by Gasteiger charge is 2.52. The Balaban J connectivity index is 1.96. The van der Waals surface area contributed by atoms with Crippen LogP contribution in [0.3, 0.4) is 0 Å². The number of nitrogens with zero attached hydrogens (tertiary/aromatic N) is 2. The highest BCUT2D eigenvalue weighted by Crippen LogP contribution is 2.52. The number of hydrogen-bond donors (Lipinski definition) is 3. The van der Waals surface area contributed by atoms with Gasteiger partial charge in [-0.15, -0.1) is 0 Å². The lowest BCUT2D eigenvalue weighted by Crippen LogP contribution is -2.40. The molecule has 0 bridgehead atoms. The zero-order valence-corrected chi connectivity index (χ0v) is 13.4. The van der Waals surface area contributed by atoms with E-state index in [0.29, 0.717) is 5.56 Å². The van der Waals surface area contributed by atoms with E-state index in [1.165, 1.54) is 6.20 Å². The summed E-state index contributed by atoms with van der Waals surface area (Å²) >= 11 is 0. The summed E-state index contributed by atoms with van der Waals surface area (Å²) in [5.41, 5.74) is 5.67. The summed E-state index contributed by atoms with van der Waals surface area (Å²) < 4.78 is 27.7. The summed E-state index contributed by atoms with van der Waals surface area (Å²) in [5.74, 6) is 0.123. The van der Waals surface area contributed by atoms with Gasteiger partial charge in [-0.1, -0.05) is 13.8 Å². The van der Waals surface area contributed by atoms with Crippen molar-refractivity contribution in [2.24, 2.45) is 0 Å². The Labute approximate surface area is 131 Å². The molecule has 0 aliphatic carbocycles. The monoisotopic (exact) mass is 347 g/mol. The minimum atomic E-state index is -4.22. The van der Waals surface area contributed by atoms with Crippen LogP contribution in [0.1, 0.15) is 31.6 Å². The summed E-state index contributed by atoms with van der Waals surface area (Å²) in [4.78, 5) is 25.2. The van der Waals surface area contributed by atoms with Gasteiger partial charge in [-0.05, 0) is 5.92 Å². The van der Waals surface area contributed by atoms with Gasteiger partial charge in [-0.25, -0.2) is 9.36 Å². The normalized spacial score (nSPS) is 37.1. The molecule has 128 valence electrons. The third kappa shape index (κ3) is 2.93. The average molecular weight is 347 g/mol. The van der Waals surface area contributed by atoms with Crippen LogP contribution in [0.4, 0.5) is 5.82 Å². The van der Waals surface area contributed by atoms with Gasteiger partial charge in [0.2, 0.25) is 0 Å². The molecule has 3 unspecified atom stereocenters. The predicted octanol–water partition coefficient (Wildman–Crippen LogP) is -0.277. The molecule has 5 atom stereocenters.